The van der Waals surface area contributed by atoms with E-state index in [9.17, 15) is 50.8 Å². The molecule has 0 amide bonds. The van der Waals surface area contributed by atoms with Gasteiger partial charge in [0, 0.05) is 11.5 Å². The second-order valence-corrected chi connectivity index (χ2v) is 9.29. The van der Waals surface area contributed by atoms with Gasteiger partial charge in [0.25, 0.3) is 0 Å². The lowest BCUT2D eigenvalue weighted by molar-refractivity contribution is -0.327. The second kappa shape index (κ2) is 11.6. The molecule has 4 rings (SSSR count). The quantitative estimate of drug-likeness (QED) is 0.109. The predicted molar refractivity (Wildman–Crippen MR) is 115 cm³/mol. The molecule has 0 aromatic heterocycles. The maximum Gasteiger partial charge on any atom is 0.340 e. The maximum atomic E-state index is 13.0. The molecule has 15 nitrogen and oxygen atoms in total. The van der Waals surface area contributed by atoms with Crippen LogP contribution in [0.25, 0.3) is 0 Å². The zero-order chi connectivity index (χ0) is 27.0. The minimum absolute atomic E-state index is 0.0379. The molecule has 0 aromatic carbocycles. The Morgan fingerprint density at radius 2 is 1.41 bits per heavy atom. The summed E-state index contributed by atoms with van der Waals surface area (Å²) in [5.74, 6) is -1.69. The van der Waals surface area contributed by atoms with Crippen LogP contribution in [0.3, 0.4) is 0 Å². The molecular formula is C22H32O15. The first kappa shape index (κ1) is 28.3. The molecular weight excluding hydrogens is 504 g/mol. The van der Waals surface area contributed by atoms with E-state index < -0.39 is 99.4 Å². The van der Waals surface area contributed by atoms with Crippen LogP contribution in [0.5, 0.6) is 0 Å². The zero-order valence-electron chi connectivity index (χ0n) is 19.5. The number of ether oxygens (including phenoxy) is 5. The van der Waals surface area contributed by atoms with Gasteiger partial charge in [-0.3, -0.25) is 0 Å². The molecule has 1 aliphatic carbocycles. The number of hydrogen-bond donors (Lipinski definition) is 9. The molecule has 210 valence electrons. The Balaban J connectivity index is 1.51. The molecule has 0 saturated carbocycles. The van der Waals surface area contributed by atoms with Crippen molar-refractivity contribution in [3.05, 3.63) is 23.0 Å². The van der Waals surface area contributed by atoms with Crippen LogP contribution in [-0.4, -0.2) is 139 Å². The van der Waals surface area contributed by atoms with Gasteiger partial charge in [0.2, 0.25) is 12.6 Å². The van der Waals surface area contributed by atoms with Gasteiger partial charge in [0.05, 0.1) is 31.7 Å². The third-order valence-corrected chi connectivity index (χ3v) is 7.07. The summed E-state index contributed by atoms with van der Waals surface area (Å²) in [4.78, 5) is 13.0. The van der Waals surface area contributed by atoms with Gasteiger partial charge >= 0.3 is 5.97 Å². The standard InChI is InChI=1S/C22H32O15/c23-3-7-1-2-8-9(19(32)36-21-17(30)15(28)13(26)10(4-24)34-21)6-33-20(12(7)8)37-22-18(31)16(29)14(27)11(5-25)35-22/h6,8,10-11,13-18,20-31H,1-5H2/t8?,10-,11-,13-,14-,15+,16+,17-,18-,20+,21+,22+/m1/s1. The minimum Gasteiger partial charge on any atom is -0.468 e. The second-order valence-electron chi connectivity index (χ2n) is 9.29. The zero-order valence-corrected chi connectivity index (χ0v) is 19.5. The molecule has 2 fully saturated rings. The average molecular weight is 536 g/mol. The van der Waals surface area contributed by atoms with Crippen LogP contribution in [-0.2, 0) is 28.5 Å². The van der Waals surface area contributed by atoms with Gasteiger partial charge in [0.1, 0.15) is 48.8 Å². The van der Waals surface area contributed by atoms with Gasteiger partial charge in [0.15, 0.2) is 6.29 Å². The first-order chi connectivity index (χ1) is 17.6. The number of aliphatic hydroxyl groups is 9. The Morgan fingerprint density at radius 1 is 0.838 bits per heavy atom. The molecule has 15 heteroatoms. The van der Waals surface area contributed by atoms with Crippen LogP contribution in [0, 0.1) is 5.92 Å². The highest BCUT2D eigenvalue weighted by Gasteiger charge is 2.49. The highest BCUT2D eigenvalue weighted by molar-refractivity contribution is 5.90. The van der Waals surface area contributed by atoms with Crippen molar-refractivity contribution in [2.45, 2.75) is 80.5 Å². The normalized spacial score (nSPS) is 44.2. The predicted octanol–water partition coefficient (Wildman–Crippen LogP) is -4.91. The molecule has 0 radical (unpaired) electrons. The number of aliphatic hydroxyl groups excluding tert-OH is 9. The van der Waals surface area contributed by atoms with Gasteiger partial charge in [-0.25, -0.2) is 4.79 Å². The lowest BCUT2D eigenvalue weighted by Gasteiger charge is -2.42. The maximum absolute atomic E-state index is 13.0. The molecule has 0 bridgehead atoms. The molecule has 0 aromatic rings. The van der Waals surface area contributed by atoms with Crippen molar-refractivity contribution >= 4 is 5.97 Å². The van der Waals surface area contributed by atoms with Gasteiger partial charge in [-0.1, -0.05) is 0 Å². The molecule has 3 aliphatic heterocycles. The summed E-state index contributed by atoms with van der Waals surface area (Å²) < 4.78 is 27.0. The summed E-state index contributed by atoms with van der Waals surface area (Å²) in [6, 6.07) is 0. The van der Waals surface area contributed by atoms with Crippen molar-refractivity contribution in [1.29, 1.82) is 0 Å². The summed E-state index contributed by atoms with van der Waals surface area (Å²) in [5, 5.41) is 88.9. The molecule has 4 aliphatic rings. The van der Waals surface area contributed by atoms with Gasteiger partial charge in [-0.05, 0) is 18.4 Å². The average Bonchev–Trinajstić information content (AvgIpc) is 3.34. The van der Waals surface area contributed by atoms with Gasteiger partial charge in [-0.2, -0.15) is 0 Å². The van der Waals surface area contributed by atoms with E-state index in [0.29, 0.717) is 24.0 Å². The topological polar surface area (TPSA) is 245 Å². The Morgan fingerprint density at radius 3 is 1.97 bits per heavy atom. The number of carbonyl (C=O) groups is 1. The fraction of sp³-hybridized carbons (Fsp3) is 0.773. The number of carbonyl (C=O) groups excluding carboxylic acids is 1. The highest BCUT2D eigenvalue weighted by atomic mass is 16.8. The smallest absolute Gasteiger partial charge is 0.340 e. The third kappa shape index (κ3) is 5.27. The first-order valence-electron chi connectivity index (χ1n) is 11.8. The van der Waals surface area contributed by atoms with E-state index in [4.69, 9.17) is 23.7 Å². The van der Waals surface area contributed by atoms with Crippen LogP contribution in [0.2, 0.25) is 0 Å². The van der Waals surface area contributed by atoms with Crippen molar-refractivity contribution < 1.29 is 74.4 Å². The van der Waals surface area contributed by atoms with Crippen molar-refractivity contribution in [1.82, 2.24) is 0 Å². The van der Waals surface area contributed by atoms with E-state index in [-0.39, 0.29) is 5.57 Å². The number of esters is 1. The van der Waals surface area contributed by atoms with Crippen LogP contribution in [0.15, 0.2) is 23.0 Å². The van der Waals surface area contributed by atoms with E-state index >= 15 is 0 Å². The Labute approximate surface area is 210 Å². The Bertz CT molecular complexity index is 887. The first-order valence-corrected chi connectivity index (χ1v) is 11.8. The third-order valence-electron chi connectivity index (χ3n) is 7.07. The summed E-state index contributed by atoms with van der Waals surface area (Å²) in [5.41, 5.74) is 0.776. The summed E-state index contributed by atoms with van der Waals surface area (Å²) >= 11 is 0. The van der Waals surface area contributed by atoms with Crippen molar-refractivity contribution in [2.75, 3.05) is 19.8 Å². The van der Waals surface area contributed by atoms with Gasteiger partial charge in [-0.15, -0.1) is 0 Å². The van der Waals surface area contributed by atoms with E-state index in [1.165, 1.54) is 0 Å². The molecule has 1 unspecified atom stereocenters. The fourth-order valence-electron chi connectivity index (χ4n) is 4.92. The SMILES string of the molecule is O=C(O[C@@H]1O[C@H](CO)[C@@H](O)[C@H](O)[C@H]1O)C1=CO[C@@H](O[C@@H]2O[C@H](CO)[C@@H](O)[C@H](O)[C@H]2O)C2=C(CO)CCC12. The van der Waals surface area contributed by atoms with E-state index in [1.54, 1.807) is 0 Å². The van der Waals surface area contributed by atoms with E-state index in [2.05, 4.69) is 0 Å². The summed E-state index contributed by atoms with van der Waals surface area (Å²) in [6.45, 7) is -1.78. The van der Waals surface area contributed by atoms with Gasteiger partial charge < -0.3 is 69.6 Å². The number of rotatable bonds is 7. The van der Waals surface area contributed by atoms with Crippen LogP contribution in [0.4, 0.5) is 0 Å². The highest BCUT2D eigenvalue weighted by Crippen LogP contribution is 2.44. The molecule has 12 atom stereocenters. The lowest BCUT2D eigenvalue weighted by Crippen LogP contribution is -2.60. The monoisotopic (exact) mass is 536 g/mol. The fourth-order valence-corrected chi connectivity index (χ4v) is 4.92. The minimum atomic E-state index is -1.80. The Hall–Kier alpha value is -1.73. The van der Waals surface area contributed by atoms with Crippen LogP contribution >= 0.6 is 0 Å². The molecule has 9 N–H and O–H groups in total. The van der Waals surface area contributed by atoms with E-state index in [0.717, 1.165) is 6.26 Å². The summed E-state index contributed by atoms with van der Waals surface area (Å²) in [6.07, 6.45) is -15.5. The number of fused-ring (bicyclic) bond motifs is 1. The Kier molecular flexibility index (Phi) is 8.84. The molecule has 37 heavy (non-hydrogen) atoms. The van der Waals surface area contributed by atoms with Crippen molar-refractivity contribution in [3.8, 4) is 0 Å². The van der Waals surface area contributed by atoms with Crippen molar-refractivity contribution in [2.24, 2.45) is 5.92 Å². The number of hydrogen-bond acceptors (Lipinski definition) is 15. The van der Waals surface area contributed by atoms with Crippen LogP contribution in [0.1, 0.15) is 12.8 Å². The molecule has 0 spiro atoms. The lowest BCUT2D eigenvalue weighted by atomic mass is 9.90. The van der Waals surface area contributed by atoms with Crippen LogP contribution < -0.4 is 0 Å². The van der Waals surface area contributed by atoms with E-state index in [1.807, 2.05) is 0 Å². The largest absolute Gasteiger partial charge is 0.468 e. The summed E-state index contributed by atoms with van der Waals surface area (Å²) in [7, 11) is 0. The molecule has 2 saturated heterocycles. The molecule has 3 heterocycles. The van der Waals surface area contributed by atoms with Crippen molar-refractivity contribution in [3.63, 3.8) is 0 Å².